The van der Waals surface area contributed by atoms with E-state index in [4.69, 9.17) is 5.26 Å². The highest BCUT2D eigenvalue weighted by molar-refractivity contribution is 7.81. The van der Waals surface area contributed by atoms with Crippen molar-refractivity contribution < 1.29 is 18.0 Å². The Morgan fingerprint density at radius 3 is 2.32 bits per heavy atom. The van der Waals surface area contributed by atoms with Gasteiger partial charge in [-0.15, -0.1) is 12.6 Å². The lowest BCUT2D eigenvalue weighted by Crippen LogP contribution is -2.55. The predicted molar refractivity (Wildman–Crippen MR) is 125 cm³/mol. The van der Waals surface area contributed by atoms with Crippen LogP contribution in [-0.2, 0) is 11.0 Å². The number of thiol groups is 1. The number of nitrogens with zero attached hydrogens (tertiary/aromatic N) is 5. The van der Waals surface area contributed by atoms with E-state index in [1.54, 1.807) is 0 Å². The summed E-state index contributed by atoms with van der Waals surface area (Å²) in [4.78, 5) is 22.7. The third kappa shape index (κ3) is 3.56. The van der Waals surface area contributed by atoms with Crippen LogP contribution in [-0.4, -0.2) is 48.1 Å². The van der Waals surface area contributed by atoms with Crippen molar-refractivity contribution in [3.8, 4) is 6.07 Å². The quantitative estimate of drug-likeness (QED) is 0.646. The average Bonchev–Trinajstić information content (AvgIpc) is 3.05. The van der Waals surface area contributed by atoms with Gasteiger partial charge in [0.25, 0.3) is 5.91 Å². The van der Waals surface area contributed by atoms with Gasteiger partial charge < -0.3 is 15.1 Å². The van der Waals surface area contributed by atoms with Crippen molar-refractivity contribution in [1.29, 1.82) is 5.26 Å². The molecule has 5 rings (SSSR count). The highest BCUT2D eigenvalue weighted by Gasteiger charge is 2.60. The molecule has 3 heterocycles. The molecule has 2 aromatic rings. The van der Waals surface area contributed by atoms with Crippen LogP contribution in [0.4, 0.5) is 30.2 Å². The lowest BCUT2D eigenvalue weighted by Gasteiger charge is -2.44. The van der Waals surface area contributed by atoms with E-state index in [0.717, 1.165) is 56.2 Å². The van der Waals surface area contributed by atoms with Crippen LogP contribution in [0.5, 0.6) is 0 Å². The summed E-state index contributed by atoms with van der Waals surface area (Å²) in [6, 6.07) is 10.2. The molecule has 1 aromatic heterocycles. The Balaban J connectivity index is 1.50. The maximum atomic E-state index is 13.6. The van der Waals surface area contributed by atoms with E-state index in [9.17, 15) is 18.0 Å². The number of carbonyl (C=O) groups excluding carboxylic acids is 1. The third-order valence-electron chi connectivity index (χ3n) is 6.89. The minimum atomic E-state index is -4.77. The molecule has 1 saturated carbocycles. The number of hydrogen-bond acceptors (Lipinski definition) is 7. The number of rotatable bonds is 3. The van der Waals surface area contributed by atoms with E-state index >= 15 is 0 Å². The van der Waals surface area contributed by atoms with E-state index in [2.05, 4.69) is 27.8 Å². The molecule has 0 bridgehead atoms. The van der Waals surface area contributed by atoms with Crippen LogP contribution in [0.3, 0.4) is 0 Å². The molecule has 1 spiro atoms. The van der Waals surface area contributed by atoms with Crippen LogP contribution in [0.1, 0.15) is 30.5 Å². The molecule has 1 N–H and O–H groups in total. The Morgan fingerprint density at radius 2 is 1.76 bits per heavy atom. The fourth-order valence-corrected chi connectivity index (χ4v) is 5.60. The fourth-order valence-electron chi connectivity index (χ4n) is 5.00. The topological polar surface area (TPSA) is 75.5 Å². The van der Waals surface area contributed by atoms with Crippen molar-refractivity contribution in [2.24, 2.45) is 0 Å². The Morgan fingerprint density at radius 1 is 1.12 bits per heavy atom. The van der Waals surface area contributed by atoms with Crippen LogP contribution in [0.2, 0.25) is 0 Å². The van der Waals surface area contributed by atoms with Crippen LogP contribution >= 0.6 is 12.6 Å². The van der Waals surface area contributed by atoms with Crippen molar-refractivity contribution in [2.45, 2.75) is 36.5 Å². The van der Waals surface area contributed by atoms with E-state index in [1.807, 2.05) is 29.2 Å². The summed E-state index contributed by atoms with van der Waals surface area (Å²) in [5.41, 5.74) is -1.71. The normalized spacial score (nSPS) is 22.1. The van der Waals surface area contributed by atoms with Gasteiger partial charge in [-0.3, -0.25) is 9.69 Å². The number of anilines is 3. The Labute approximate surface area is 200 Å². The molecule has 178 valence electrons. The van der Waals surface area contributed by atoms with Crippen LogP contribution in [0.15, 0.2) is 36.5 Å². The van der Waals surface area contributed by atoms with Gasteiger partial charge in [0.1, 0.15) is 11.6 Å². The first kappa shape index (κ1) is 22.8. The monoisotopic (exact) mass is 488 g/mol. The summed E-state index contributed by atoms with van der Waals surface area (Å²) in [5.74, 6) is -0.301. The second-order valence-electron chi connectivity index (χ2n) is 8.73. The van der Waals surface area contributed by atoms with Gasteiger partial charge >= 0.3 is 6.18 Å². The molecule has 3 fully saturated rings. The number of nitriles is 1. The standard InChI is InChI=1S/C23H23F3N6OS/c24-23(25,26)18-12-17(14-29-19(18)13-27)31-20(33)22(6-1-7-22)32(21(31)34)16-4-2-15(3-5-16)30-10-8-28-9-11-30/h2-5,12,14,21,28,34H,1,6-11H2. The molecule has 11 heteroatoms. The SMILES string of the molecule is N#Cc1ncc(N2C(=O)C3(CCC3)N(c3ccc(N4CCNCC4)cc3)C2S)cc1C(F)(F)F. The number of piperazine rings is 1. The fraction of sp³-hybridized carbons (Fsp3) is 0.435. The smallest absolute Gasteiger partial charge is 0.369 e. The largest absolute Gasteiger partial charge is 0.419 e. The van der Waals surface area contributed by atoms with Gasteiger partial charge in [-0.25, -0.2) is 4.98 Å². The molecule has 1 unspecified atom stereocenters. The summed E-state index contributed by atoms with van der Waals surface area (Å²) in [7, 11) is 0. The van der Waals surface area contributed by atoms with Gasteiger partial charge in [0.05, 0.1) is 17.4 Å². The number of hydrogen-bond donors (Lipinski definition) is 2. The van der Waals surface area contributed by atoms with E-state index < -0.39 is 28.5 Å². The minimum absolute atomic E-state index is 0.0254. The number of benzene rings is 1. The third-order valence-corrected chi connectivity index (χ3v) is 7.36. The number of aromatic nitrogens is 1. The number of halogens is 3. The number of pyridine rings is 1. The summed E-state index contributed by atoms with van der Waals surface area (Å²) in [5, 5.41) is 12.4. The van der Waals surface area contributed by atoms with E-state index in [-0.39, 0.29) is 11.6 Å². The molecule has 1 aliphatic carbocycles. The summed E-state index contributed by atoms with van der Waals surface area (Å²) >= 11 is 4.69. The lowest BCUT2D eigenvalue weighted by molar-refractivity contribution is -0.138. The molecule has 2 saturated heterocycles. The van der Waals surface area contributed by atoms with Gasteiger partial charge in [-0.05, 0) is 49.6 Å². The van der Waals surface area contributed by atoms with Gasteiger partial charge in [-0.1, -0.05) is 0 Å². The van der Waals surface area contributed by atoms with Crippen molar-refractivity contribution in [1.82, 2.24) is 10.3 Å². The van der Waals surface area contributed by atoms with Crippen molar-refractivity contribution in [2.75, 3.05) is 40.9 Å². The van der Waals surface area contributed by atoms with Gasteiger partial charge in [0.2, 0.25) is 0 Å². The Hall–Kier alpha value is -2.97. The molecule has 1 amide bonds. The summed E-state index contributed by atoms with van der Waals surface area (Å²) < 4.78 is 40.6. The second kappa shape index (κ2) is 8.36. The molecule has 7 nitrogen and oxygen atoms in total. The molecule has 2 aliphatic heterocycles. The highest BCUT2D eigenvalue weighted by atomic mass is 32.1. The van der Waals surface area contributed by atoms with E-state index in [0.29, 0.717) is 12.8 Å². The Kier molecular flexibility index (Phi) is 5.61. The van der Waals surface area contributed by atoms with Crippen molar-refractivity contribution in [3.05, 3.63) is 47.8 Å². The molecule has 34 heavy (non-hydrogen) atoms. The number of alkyl halides is 3. The first-order chi connectivity index (χ1) is 16.3. The van der Waals surface area contributed by atoms with Gasteiger partial charge in [-0.2, -0.15) is 18.4 Å². The zero-order valence-corrected chi connectivity index (χ0v) is 19.1. The maximum absolute atomic E-state index is 13.6. The molecule has 0 radical (unpaired) electrons. The Bertz CT molecular complexity index is 1140. The predicted octanol–water partition coefficient (Wildman–Crippen LogP) is 3.37. The lowest BCUT2D eigenvalue weighted by atomic mass is 9.75. The van der Waals surface area contributed by atoms with Crippen LogP contribution in [0.25, 0.3) is 0 Å². The zero-order chi connectivity index (χ0) is 24.1. The number of carbonyl (C=O) groups is 1. The molecule has 1 atom stereocenters. The van der Waals surface area contributed by atoms with Crippen LogP contribution in [0, 0.1) is 11.3 Å². The molecular weight excluding hydrogens is 465 g/mol. The maximum Gasteiger partial charge on any atom is 0.419 e. The molecule has 3 aliphatic rings. The first-order valence-electron chi connectivity index (χ1n) is 11.1. The molecule has 1 aromatic carbocycles. The summed E-state index contributed by atoms with van der Waals surface area (Å²) in [6.45, 7) is 3.64. The first-order valence-corrected chi connectivity index (χ1v) is 11.6. The zero-order valence-electron chi connectivity index (χ0n) is 18.2. The van der Waals surface area contributed by atoms with Crippen molar-refractivity contribution in [3.63, 3.8) is 0 Å². The number of amides is 1. The van der Waals surface area contributed by atoms with Gasteiger partial charge in [0.15, 0.2) is 11.2 Å². The summed E-state index contributed by atoms with van der Waals surface area (Å²) in [6.07, 6.45) is -1.60. The van der Waals surface area contributed by atoms with Gasteiger partial charge in [0, 0.05) is 37.6 Å². The highest BCUT2D eigenvalue weighted by Crippen LogP contribution is 2.50. The van der Waals surface area contributed by atoms with Crippen molar-refractivity contribution >= 4 is 35.6 Å². The second-order valence-corrected chi connectivity index (χ2v) is 9.19. The number of nitrogens with one attached hydrogen (secondary N) is 1. The molecular formula is C23H23F3N6OS. The minimum Gasteiger partial charge on any atom is -0.369 e. The van der Waals surface area contributed by atoms with E-state index in [1.165, 1.54) is 11.0 Å². The van der Waals surface area contributed by atoms with Crippen LogP contribution < -0.4 is 20.0 Å². The average molecular weight is 489 g/mol.